The van der Waals surface area contributed by atoms with Gasteiger partial charge in [-0.3, -0.25) is 9.55 Å². The van der Waals surface area contributed by atoms with Gasteiger partial charge in [-0.25, -0.2) is 14.3 Å². The van der Waals surface area contributed by atoms with E-state index in [0.717, 1.165) is 5.56 Å². The number of pyridine rings is 1. The lowest BCUT2D eigenvalue weighted by Crippen LogP contribution is -2.34. The minimum absolute atomic E-state index is 0.253. The Morgan fingerprint density at radius 2 is 2.00 bits per heavy atom. The zero-order valence-corrected chi connectivity index (χ0v) is 15.0. The van der Waals surface area contributed by atoms with E-state index < -0.39 is 0 Å². The highest BCUT2D eigenvalue weighted by molar-refractivity contribution is 5.89. The predicted molar refractivity (Wildman–Crippen MR) is 101 cm³/mol. The first-order valence-corrected chi connectivity index (χ1v) is 8.31. The average molecular weight is 368 g/mol. The molecule has 3 aromatic rings. The van der Waals surface area contributed by atoms with Gasteiger partial charge in [-0.05, 0) is 36.4 Å². The van der Waals surface area contributed by atoms with Crippen LogP contribution in [0, 0.1) is 0 Å². The number of ether oxygens (including phenoxy) is 1. The molecular formula is C18H20N6O3. The molecule has 0 aliphatic heterocycles. The standard InChI is InChI=1S/C18H20N6O3/c1-23-16(13-4-3-9-19-12-13)22-24(18(23)26)11-10-20-17(25)21-14-5-7-15(27-2)8-6-14/h3-9,12H,10-11H2,1-2H3,(H2,20,21,25). The van der Waals surface area contributed by atoms with Crippen molar-refractivity contribution < 1.29 is 9.53 Å². The molecule has 0 radical (unpaired) electrons. The van der Waals surface area contributed by atoms with E-state index in [1.54, 1.807) is 56.9 Å². The van der Waals surface area contributed by atoms with Crippen LogP contribution in [-0.4, -0.2) is 39.0 Å². The van der Waals surface area contributed by atoms with Crippen LogP contribution in [0.5, 0.6) is 5.75 Å². The number of carbonyl (C=O) groups excluding carboxylic acids is 1. The molecule has 2 N–H and O–H groups in total. The number of urea groups is 1. The Hall–Kier alpha value is -3.62. The summed E-state index contributed by atoms with van der Waals surface area (Å²) in [5, 5.41) is 9.73. The van der Waals surface area contributed by atoms with E-state index in [9.17, 15) is 9.59 Å². The summed E-state index contributed by atoms with van der Waals surface area (Å²) in [6.07, 6.45) is 3.30. The number of methoxy groups -OCH3 is 1. The van der Waals surface area contributed by atoms with Gasteiger partial charge in [0.05, 0.1) is 13.7 Å². The molecule has 9 heteroatoms. The Labute approximate surface area is 155 Å². The van der Waals surface area contributed by atoms with Gasteiger partial charge < -0.3 is 15.4 Å². The minimum Gasteiger partial charge on any atom is -0.497 e. The number of carbonyl (C=O) groups is 1. The minimum atomic E-state index is -0.364. The molecule has 9 nitrogen and oxygen atoms in total. The monoisotopic (exact) mass is 368 g/mol. The molecule has 2 aromatic heterocycles. The molecule has 2 heterocycles. The topological polar surface area (TPSA) is 103 Å². The first kappa shape index (κ1) is 18.2. The molecule has 0 saturated heterocycles. The van der Waals surface area contributed by atoms with Crippen molar-refractivity contribution in [2.45, 2.75) is 6.54 Å². The lowest BCUT2D eigenvalue weighted by molar-refractivity contribution is 0.251. The SMILES string of the molecule is COc1ccc(NC(=O)NCCn2nc(-c3cccnc3)n(C)c2=O)cc1. The number of nitrogens with one attached hydrogen (secondary N) is 2. The molecular weight excluding hydrogens is 348 g/mol. The average Bonchev–Trinajstić information content (AvgIpc) is 2.98. The molecule has 27 heavy (non-hydrogen) atoms. The highest BCUT2D eigenvalue weighted by Crippen LogP contribution is 2.15. The molecule has 0 bridgehead atoms. The van der Waals surface area contributed by atoms with Gasteiger partial charge in [-0.15, -0.1) is 5.10 Å². The van der Waals surface area contributed by atoms with Gasteiger partial charge in [-0.2, -0.15) is 0 Å². The van der Waals surface area contributed by atoms with Crippen LogP contribution in [-0.2, 0) is 13.6 Å². The Kier molecular flexibility index (Phi) is 5.50. The van der Waals surface area contributed by atoms with E-state index in [0.29, 0.717) is 17.3 Å². The molecule has 0 atom stereocenters. The van der Waals surface area contributed by atoms with Crippen LogP contribution in [0.2, 0.25) is 0 Å². The third kappa shape index (κ3) is 4.32. The van der Waals surface area contributed by atoms with Crippen molar-refractivity contribution >= 4 is 11.7 Å². The fourth-order valence-corrected chi connectivity index (χ4v) is 2.50. The Balaban J connectivity index is 1.57. The van der Waals surface area contributed by atoms with Gasteiger partial charge in [0.1, 0.15) is 5.75 Å². The van der Waals surface area contributed by atoms with Crippen LogP contribution in [0.4, 0.5) is 10.5 Å². The van der Waals surface area contributed by atoms with Crippen molar-refractivity contribution in [3.8, 4) is 17.1 Å². The van der Waals surface area contributed by atoms with Crippen molar-refractivity contribution in [2.24, 2.45) is 7.05 Å². The third-order valence-corrected chi connectivity index (χ3v) is 3.92. The van der Waals surface area contributed by atoms with Gasteiger partial charge in [-0.1, -0.05) is 0 Å². The van der Waals surface area contributed by atoms with Crippen LogP contribution >= 0.6 is 0 Å². The van der Waals surface area contributed by atoms with Crippen LogP contribution in [0.25, 0.3) is 11.4 Å². The number of hydrogen-bond donors (Lipinski definition) is 2. The molecule has 2 amide bonds. The van der Waals surface area contributed by atoms with E-state index in [1.165, 1.54) is 9.25 Å². The maximum Gasteiger partial charge on any atom is 0.345 e. The van der Waals surface area contributed by atoms with Crippen LogP contribution in [0.3, 0.4) is 0 Å². The highest BCUT2D eigenvalue weighted by Gasteiger charge is 2.12. The zero-order valence-electron chi connectivity index (χ0n) is 15.0. The predicted octanol–water partition coefficient (Wildman–Crippen LogP) is 1.47. The van der Waals surface area contributed by atoms with E-state index in [4.69, 9.17) is 4.74 Å². The lowest BCUT2D eigenvalue weighted by atomic mass is 10.3. The number of hydrogen-bond acceptors (Lipinski definition) is 5. The summed E-state index contributed by atoms with van der Waals surface area (Å²) < 4.78 is 7.84. The maximum atomic E-state index is 12.3. The number of amides is 2. The van der Waals surface area contributed by atoms with Crippen molar-refractivity contribution in [1.82, 2.24) is 24.6 Å². The van der Waals surface area contributed by atoms with Gasteiger partial charge in [0, 0.05) is 37.2 Å². The summed E-state index contributed by atoms with van der Waals surface area (Å²) in [7, 11) is 3.23. The molecule has 0 fully saturated rings. The highest BCUT2D eigenvalue weighted by atomic mass is 16.5. The smallest absolute Gasteiger partial charge is 0.345 e. The normalized spacial score (nSPS) is 10.4. The van der Waals surface area contributed by atoms with Gasteiger partial charge >= 0.3 is 11.7 Å². The molecule has 140 valence electrons. The number of nitrogens with zero attached hydrogens (tertiary/aromatic N) is 4. The Morgan fingerprint density at radius 3 is 2.67 bits per heavy atom. The van der Waals surface area contributed by atoms with E-state index in [1.807, 2.05) is 6.07 Å². The van der Waals surface area contributed by atoms with Crippen molar-refractivity contribution in [3.63, 3.8) is 0 Å². The van der Waals surface area contributed by atoms with Gasteiger partial charge in [0.2, 0.25) is 0 Å². The summed E-state index contributed by atoms with van der Waals surface area (Å²) in [6.45, 7) is 0.508. The van der Waals surface area contributed by atoms with Crippen LogP contribution in [0.15, 0.2) is 53.6 Å². The second kappa shape index (κ2) is 8.17. The Bertz CT molecular complexity index is 963. The molecule has 0 saturated carbocycles. The molecule has 1 aromatic carbocycles. The van der Waals surface area contributed by atoms with Crippen LogP contribution < -0.4 is 21.1 Å². The summed E-state index contributed by atoms with van der Waals surface area (Å²) in [6, 6.07) is 10.2. The zero-order chi connectivity index (χ0) is 19.2. The van der Waals surface area contributed by atoms with Gasteiger partial charge in [0.15, 0.2) is 5.82 Å². The number of aromatic nitrogens is 4. The van der Waals surface area contributed by atoms with Crippen molar-refractivity contribution in [1.29, 1.82) is 0 Å². The molecule has 3 rings (SSSR count). The first-order valence-electron chi connectivity index (χ1n) is 8.31. The largest absolute Gasteiger partial charge is 0.497 e. The fourth-order valence-electron chi connectivity index (χ4n) is 2.50. The summed E-state index contributed by atoms with van der Waals surface area (Å²) >= 11 is 0. The lowest BCUT2D eigenvalue weighted by Gasteiger charge is -2.08. The molecule has 0 aliphatic carbocycles. The van der Waals surface area contributed by atoms with E-state index in [-0.39, 0.29) is 24.8 Å². The summed E-state index contributed by atoms with van der Waals surface area (Å²) in [4.78, 5) is 28.3. The second-order valence-electron chi connectivity index (χ2n) is 5.74. The van der Waals surface area contributed by atoms with Gasteiger partial charge in [0.25, 0.3) is 0 Å². The second-order valence-corrected chi connectivity index (χ2v) is 5.74. The quantitative estimate of drug-likeness (QED) is 0.686. The number of anilines is 1. The van der Waals surface area contributed by atoms with E-state index in [2.05, 4.69) is 20.7 Å². The first-order chi connectivity index (χ1) is 13.1. The van der Waals surface area contributed by atoms with Crippen LogP contribution in [0.1, 0.15) is 0 Å². The molecule has 0 aliphatic rings. The molecule has 0 unspecified atom stereocenters. The summed E-state index contributed by atoms with van der Waals surface area (Å²) in [5.74, 6) is 1.23. The number of benzene rings is 1. The third-order valence-electron chi connectivity index (χ3n) is 3.92. The fraction of sp³-hybridized carbons (Fsp3) is 0.222. The number of rotatable bonds is 6. The maximum absolute atomic E-state index is 12.3. The van der Waals surface area contributed by atoms with E-state index >= 15 is 0 Å². The van der Waals surface area contributed by atoms with Crippen molar-refractivity contribution in [3.05, 3.63) is 59.3 Å². The Morgan fingerprint density at radius 1 is 1.22 bits per heavy atom. The van der Waals surface area contributed by atoms with Crippen molar-refractivity contribution in [2.75, 3.05) is 19.0 Å². The summed E-state index contributed by atoms with van der Waals surface area (Å²) in [5.41, 5.74) is 1.13. The molecule has 0 spiro atoms.